The van der Waals surface area contributed by atoms with Crippen LogP contribution in [-0.2, 0) is 6.54 Å². The summed E-state index contributed by atoms with van der Waals surface area (Å²) < 4.78 is 14.3. The molecular formula is C25H19BrFN3O. The van der Waals surface area contributed by atoms with E-state index in [4.69, 9.17) is 0 Å². The van der Waals surface area contributed by atoms with E-state index in [2.05, 4.69) is 26.1 Å². The Balaban J connectivity index is 1.64. The van der Waals surface area contributed by atoms with E-state index in [0.29, 0.717) is 12.2 Å². The topological polar surface area (TPSA) is 49.0 Å². The molecule has 0 bridgehead atoms. The van der Waals surface area contributed by atoms with Gasteiger partial charge in [0.1, 0.15) is 11.5 Å². The highest BCUT2D eigenvalue weighted by Gasteiger charge is 2.42. The third kappa shape index (κ3) is 3.57. The molecular weight excluding hydrogens is 457 g/mol. The zero-order valence-electron chi connectivity index (χ0n) is 16.8. The van der Waals surface area contributed by atoms with Crippen molar-refractivity contribution in [1.29, 1.82) is 0 Å². The molecule has 1 unspecified atom stereocenters. The Morgan fingerprint density at radius 1 is 1.06 bits per heavy atom. The standard InChI is InChI=1S/C25H19BrFN3O/c1-15-5-9-17(10-6-15)22-21-23(29-28-22)25(31)30(14-16-7-11-20(27)12-8-16)24(21)18-3-2-4-19(26)13-18/h2-13,24H,14H2,1H3,(H,28,29). The Morgan fingerprint density at radius 2 is 1.81 bits per heavy atom. The van der Waals surface area contributed by atoms with Crippen LogP contribution in [0.2, 0.25) is 0 Å². The molecule has 1 aromatic heterocycles. The van der Waals surface area contributed by atoms with Crippen LogP contribution in [0.4, 0.5) is 4.39 Å². The molecule has 0 fully saturated rings. The first-order valence-electron chi connectivity index (χ1n) is 9.97. The molecule has 0 saturated carbocycles. The third-order valence-corrected chi connectivity index (χ3v) is 6.11. The molecule has 1 N–H and O–H groups in total. The Bertz CT molecular complexity index is 1260. The number of aryl methyl sites for hydroxylation is 1. The van der Waals surface area contributed by atoms with Gasteiger partial charge < -0.3 is 4.90 Å². The average molecular weight is 476 g/mol. The van der Waals surface area contributed by atoms with E-state index in [-0.39, 0.29) is 17.8 Å². The molecule has 5 rings (SSSR count). The molecule has 1 atom stereocenters. The van der Waals surface area contributed by atoms with Gasteiger partial charge in [0.25, 0.3) is 5.91 Å². The van der Waals surface area contributed by atoms with Crippen molar-refractivity contribution in [2.75, 3.05) is 0 Å². The monoisotopic (exact) mass is 475 g/mol. The number of carbonyl (C=O) groups excluding carboxylic acids is 1. The zero-order chi connectivity index (χ0) is 21.5. The summed E-state index contributed by atoms with van der Waals surface area (Å²) in [6.45, 7) is 2.41. The van der Waals surface area contributed by atoms with E-state index in [1.807, 2.05) is 60.4 Å². The number of fused-ring (bicyclic) bond motifs is 1. The molecule has 0 saturated heterocycles. The Kier molecular flexibility index (Phi) is 4.94. The number of H-pyrrole nitrogens is 1. The van der Waals surface area contributed by atoms with Gasteiger partial charge in [0, 0.05) is 22.1 Å². The number of halogens is 2. The molecule has 3 aromatic carbocycles. The predicted molar refractivity (Wildman–Crippen MR) is 121 cm³/mol. The quantitative estimate of drug-likeness (QED) is 0.391. The van der Waals surface area contributed by atoms with Gasteiger partial charge in [0.2, 0.25) is 0 Å². The van der Waals surface area contributed by atoms with E-state index in [1.165, 1.54) is 12.1 Å². The number of hydrogen-bond acceptors (Lipinski definition) is 2. The summed E-state index contributed by atoms with van der Waals surface area (Å²) in [7, 11) is 0. The molecule has 31 heavy (non-hydrogen) atoms. The highest BCUT2D eigenvalue weighted by atomic mass is 79.9. The maximum Gasteiger partial charge on any atom is 0.273 e. The first-order valence-corrected chi connectivity index (χ1v) is 10.8. The number of carbonyl (C=O) groups is 1. The normalized spacial score (nSPS) is 15.4. The molecule has 4 nitrogen and oxygen atoms in total. The lowest BCUT2D eigenvalue weighted by atomic mass is 9.95. The van der Waals surface area contributed by atoms with Crippen molar-refractivity contribution in [1.82, 2.24) is 15.1 Å². The van der Waals surface area contributed by atoms with Crippen molar-refractivity contribution in [3.63, 3.8) is 0 Å². The Morgan fingerprint density at radius 3 is 2.52 bits per heavy atom. The highest BCUT2D eigenvalue weighted by molar-refractivity contribution is 9.10. The largest absolute Gasteiger partial charge is 0.322 e. The molecule has 0 spiro atoms. The van der Waals surface area contributed by atoms with E-state index in [1.54, 1.807) is 12.1 Å². The number of nitrogens with one attached hydrogen (secondary N) is 1. The van der Waals surface area contributed by atoms with Crippen LogP contribution in [0.15, 0.2) is 77.3 Å². The van der Waals surface area contributed by atoms with Crippen LogP contribution in [0.25, 0.3) is 11.3 Å². The van der Waals surface area contributed by atoms with Crippen LogP contribution in [-0.4, -0.2) is 21.0 Å². The average Bonchev–Trinajstić information content (AvgIpc) is 3.30. The van der Waals surface area contributed by atoms with Gasteiger partial charge >= 0.3 is 0 Å². The van der Waals surface area contributed by atoms with E-state index in [9.17, 15) is 9.18 Å². The van der Waals surface area contributed by atoms with E-state index < -0.39 is 0 Å². The minimum Gasteiger partial charge on any atom is -0.322 e. The molecule has 154 valence electrons. The predicted octanol–water partition coefficient (Wildman–Crippen LogP) is 6.03. The van der Waals surface area contributed by atoms with Crippen LogP contribution in [0.3, 0.4) is 0 Å². The van der Waals surface area contributed by atoms with Gasteiger partial charge in [-0.1, -0.05) is 70.0 Å². The number of rotatable bonds is 4. The van der Waals surface area contributed by atoms with Gasteiger partial charge in [-0.15, -0.1) is 0 Å². The van der Waals surface area contributed by atoms with Crippen LogP contribution in [0, 0.1) is 12.7 Å². The number of aromatic amines is 1. The van der Waals surface area contributed by atoms with Crippen LogP contribution in [0.5, 0.6) is 0 Å². The van der Waals surface area contributed by atoms with Crippen LogP contribution < -0.4 is 0 Å². The number of amides is 1. The minimum atomic E-state index is -0.305. The fraction of sp³-hybridized carbons (Fsp3) is 0.120. The lowest BCUT2D eigenvalue weighted by Gasteiger charge is -2.26. The molecule has 2 heterocycles. The van der Waals surface area contributed by atoms with Crippen molar-refractivity contribution in [3.8, 4) is 11.3 Å². The molecule has 1 aliphatic heterocycles. The Hall–Kier alpha value is -3.25. The second-order valence-corrected chi connectivity index (χ2v) is 8.66. The summed E-state index contributed by atoms with van der Waals surface area (Å²) in [5, 5.41) is 7.48. The van der Waals surface area contributed by atoms with Gasteiger partial charge in [0.05, 0.1) is 11.7 Å². The van der Waals surface area contributed by atoms with E-state index in [0.717, 1.165) is 38.0 Å². The summed E-state index contributed by atoms with van der Waals surface area (Å²) in [4.78, 5) is 15.2. The molecule has 4 aromatic rings. The number of benzene rings is 3. The summed E-state index contributed by atoms with van der Waals surface area (Å²) in [6.07, 6.45) is 0. The van der Waals surface area contributed by atoms with Crippen molar-refractivity contribution >= 4 is 21.8 Å². The van der Waals surface area contributed by atoms with Crippen LogP contribution >= 0.6 is 15.9 Å². The molecule has 1 aliphatic rings. The van der Waals surface area contributed by atoms with Gasteiger partial charge in [-0.05, 0) is 42.3 Å². The van der Waals surface area contributed by atoms with E-state index >= 15 is 0 Å². The fourth-order valence-electron chi connectivity index (χ4n) is 4.10. The number of nitrogens with zero attached hydrogens (tertiary/aromatic N) is 2. The van der Waals surface area contributed by atoms with Crippen molar-refractivity contribution < 1.29 is 9.18 Å². The number of hydrogen-bond donors (Lipinski definition) is 1. The smallest absolute Gasteiger partial charge is 0.273 e. The molecule has 1 amide bonds. The highest BCUT2D eigenvalue weighted by Crippen LogP contribution is 2.43. The van der Waals surface area contributed by atoms with Crippen molar-refractivity contribution in [3.05, 3.63) is 111 Å². The number of aromatic nitrogens is 2. The maximum absolute atomic E-state index is 13.4. The second kappa shape index (κ2) is 7.78. The summed E-state index contributed by atoms with van der Waals surface area (Å²) in [5.41, 5.74) is 6.11. The second-order valence-electron chi connectivity index (χ2n) is 7.74. The summed E-state index contributed by atoms with van der Waals surface area (Å²) in [5.74, 6) is -0.411. The van der Waals surface area contributed by atoms with Crippen molar-refractivity contribution in [2.45, 2.75) is 19.5 Å². The fourth-order valence-corrected chi connectivity index (χ4v) is 4.52. The Labute approximate surface area is 187 Å². The molecule has 0 aliphatic carbocycles. The van der Waals surface area contributed by atoms with Gasteiger partial charge in [-0.3, -0.25) is 9.89 Å². The molecule has 0 radical (unpaired) electrons. The van der Waals surface area contributed by atoms with Crippen molar-refractivity contribution in [2.24, 2.45) is 0 Å². The lowest BCUT2D eigenvalue weighted by molar-refractivity contribution is 0.0730. The van der Waals surface area contributed by atoms with Gasteiger partial charge in [-0.25, -0.2) is 4.39 Å². The minimum absolute atomic E-state index is 0.116. The van der Waals surface area contributed by atoms with Gasteiger partial charge in [-0.2, -0.15) is 5.10 Å². The first kappa shape index (κ1) is 19.7. The third-order valence-electron chi connectivity index (χ3n) is 5.62. The molecule has 6 heteroatoms. The SMILES string of the molecule is Cc1ccc(-c2n[nH]c3c2C(c2cccc(Br)c2)N(Cc2ccc(F)cc2)C3=O)cc1. The van der Waals surface area contributed by atoms with Gasteiger partial charge in [0.15, 0.2) is 0 Å². The summed E-state index contributed by atoms with van der Waals surface area (Å²) >= 11 is 3.55. The zero-order valence-corrected chi connectivity index (χ0v) is 18.4. The maximum atomic E-state index is 13.4. The lowest BCUT2D eigenvalue weighted by Crippen LogP contribution is -2.29. The summed E-state index contributed by atoms with van der Waals surface area (Å²) in [6, 6.07) is 22.1. The van der Waals surface area contributed by atoms with Crippen LogP contribution in [0.1, 0.15) is 38.8 Å². The first-order chi connectivity index (χ1) is 15.0.